The highest BCUT2D eigenvalue weighted by molar-refractivity contribution is 7.80. The Labute approximate surface area is 173 Å². The van der Waals surface area contributed by atoms with E-state index in [-0.39, 0.29) is 10.6 Å². The highest BCUT2D eigenvalue weighted by atomic mass is 32.1. The number of anilines is 2. The Bertz CT molecular complexity index is 1040. The minimum atomic E-state index is -0.386. The number of hydrogen-bond donors (Lipinski definition) is 2. The van der Waals surface area contributed by atoms with Gasteiger partial charge in [-0.2, -0.15) is 0 Å². The molecule has 0 aliphatic carbocycles. The normalized spacial score (nSPS) is 10.1. The first-order chi connectivity index (χ1) is 14.0. The predicted octanol–water partition coefficient (Wildman–Crippen LogP) is 5.09. The molecule has 0 unspecified atom stereocenters. The number of benzene rings is 3. The molecule has 0 spiro atoms. The molecule has 0 saturated heterocycles. The van der Waals surface area contributed by atoms with Crippen molar-refractivity contribution in [3.05, 3.63) is 76.8 Å². The van der Waals surface area contributed by atoms with Crippen LogP contribution in [0.15, 0.2) is 66.7 Å². The van der Waals surface area contributed by atoms with Crippen LogP contribution in [0.4, 0.5) is 17.1 Å². The van der Waals surface area contributed by atoms with E-state index in [1.165, 1.54) is 6.07 Å². The van der Waals surface area contributed by atoms with Crippen molar-refractivity contribution in [3.8, 4) is 22.6 Å². The molecule has 3 rings (SSSR count). The average molecular weight is 409 g/mol. The van der Waals surface area contributed by atoms with Crippen molar-refractivity contribution < 1.29 is 14.4 Å². The van der Waals surface area contributed by atoms with Crippen molar-refractivity contribution in [2.45, 2.75) is 0 Å². The van der Waals surface area contributed by atoms with E-state index in [9.17, 15) is 10.1 Å². The topological polar surface area (TPSA) is 85.7 Å². The lowest BCUT2D eigenvalue weighted by molar-refractivity contribution is -0.384. The van der Waals surface area contributed by atoms with Crippen LogP contribution in [-0.2, 0) is 0 Å². The molecule has 0 atom stereocenters. The number of para-hydroxylation sites is 1. The number of nitrogens with one attached hydrogen (secondary N) is 2. The summed E-state index contributed by atoms with van der Waals surface area (Å²) in [6.45, 7) is 0. The van der Waals surface area contributed by atoms with Crippen LogP contribution in [0.5, 0.6) is 11.5 Å². The van der Waals surface area contributed by atoms with E-state index in [4.69, 9.17) is 21.7 Å². The largest absolute Gasteiger partial charge is 0.497 e. The molecule has 29 heavy (non-hydrogen) atoms. The maximum Gasteiger partial charge on any atom is 0.277 e. The third-order valence-corrected chi connectivity index (χ3v) is 4.42. The van der Waals surface area contributed by atoms with Crippen LogP contribution in [0.3, 0.4) is 0 Å². The minimum absolute atomic E-state index is 0.0667. The van der Waals surface area contributed by atoms with Gasteiger partial charge in [0.05, 0.1) is 30.4 Å². The van der Waals surface area contributed by atoms with Gasteiger partial charge >= 0.3 is 0 Å². The first kappa shape index (κ1) is 20.1. The van der Waals surface area contributed by atoms with E-state index in [2.05, 4.69) is 10.6 Å². The SMILES string of the molecule is COc1ccc(NC(=S)Nc2ccc(-c3ccccc3[N+](=O)[O-])cc2)c(OC)c1. The van der Waals surface area contributed by atoms with Crippen LogP contribution in [0.25, 0.3) is 11.1 Å². The molecule has 8 heteroatoms. The third kappa shape index (κ3) is 4.80. The van der Waals surface area contributed by atoms with Crippen LogP contribution in [-0.4, -0.2) is 24.3 Å². The predicted molar refractivity (Wildman–Crippen MR) is 118 cm³/mol. The Morgan fingerprint density at radius 2 is 1.69 bits per heavy atom. The van der Waals surface area contributed by atoms with Crippen molar-refractivity contribution in [2.75, 3.05) is 24.9 Å². The number of thiocarbonyl (C=S) groups is 1. The zero-order chi connectivity index (χ0) is 20.8. The van der Waals surface area contributed by atoms with Crippen molar-refractivity contribution in [2.24, 2.45) is 0 Å². The number of methoxy groups -OCH3 is 2. The number of rotatable bonds is 6. The lowest BCUT2D eigenvalue weighted by Gasteiger charge is -2.14. The highest BCUT2D eigenvalue weighted by Gasteiger charge is 2.14. The summed E-state index contributed by atoms with van der Waals surface area (Å²) in [5.41, 5.74) is 2.82. The first-order valence-electron chi connectivity index (χ1n) is 8.65. The number of hydrogen-bond acceptors (Lipinski definition) is 5. The molecule has 148 valence electrons. The molecule has 0 amide bonds. The van der Waals surface area contributed by atoms with Gasteiger partial charge in [-0.3, -0.25) is 10.1 Å². The first-order valence-corrected chi connectivity index (χ1v) is 9.06. The van der Waals surface area contributed by atoms with Gasteiger partial charge in [0.1, 0.15) is 11.5 Å². The molecule has 7 nitrogen and oxygen atoms in total. The Kier molecular flexibility index (Phi) is 6.25. The summed E-state index contributed by atoms with van der Waals surface area (Å²) in [5, 5.41) is 17.8. The molecular formula is C21H19N3O4S. The Morgan fingerprint density at radius 3 is 2.34 bits per heavy atom. The lowest BCUT2D eigenvalue weighted by Crippen LogP contribution is -2.19. The number of nitro benzene ring substituents is 1. The third-order valence-electron chi connectivity index (χ3n) is 4.21. The van der Waals surface area contributed by atoms with Gasteiger partial charge in [0, 0.05) is 17.8 Å². The second kappa shape index (κ2) is 9.03. The Morgan fingerprint density at radius 1 is 0.966 bits per heavy atom. The molecule has 0 aromatic heterocycles. The quantitative estimate of drug-likeness (QED) is 0.333. The zero-order valence-electron chi connectivity index (χ0n) is 15.8. The molecule has 0 aliphatic heterocycles. The fourth-order valence-corrected chi connectivity index (χ4v) is 3.02. The van der Waals surface area contributed by atoms with E-state index >= 15 is 0 Å². The van der Waals surface area contributed by atoms with Crippen LogP contribution >= 0.6 is 12.2 Å². The standard InChI is InChI=1S/C21H19N3O4S/c1-27-16-11-12-18(20(13-16)28-2)23-21(29)22-15-9-7-14(8-10-15)17-5-3-4-6-19(17)24(25)26/h3-13H,1-2H3,(H2,22,23,29). The molecule has 0 radical (unpaired) electrons. The zero-order valence-corrected chi connectivity index (χ0v) is 16.7. The monoisotopic (exact) mass is 409 g/mol. The second-order valence-electron chi connectivity index (χ2n) is 6.00. The van der Waals surface area contributed by atoms with Crippen molar-refractivity contribution in [1.29, 1.82) is 0 Å². The van der Waals surface area contributed by atoms with Crippen LogP contribution in [0, 0.1) is 10.1 Å². The van der Waals surface area contributed by atoms with Gasteiger partial charge in [0.25, 0.3) is 5.69 Å². The molecule has 0 aliphatic rings. The molecule has 0 fully saturated rings. The van der Waals surface area contributed by atoms with Gasteiger partial charge in [-0.05, 0) is 48.1 Å². The van der Waals surface area contributed by atoms with Crippen molar-refractivity contribution in [1.82, 2.24) is 0 Å². The molecular weight excluding hydrogens is 390 g/mol. The number of ether oxygens (including phenoxy) is 2. The Hall–Kier alpha value is -3.65. The molecule has 3 aromatic rings. The van der Waals surface area contributed by atoms with Crippen LogP contribution < -0.4 is 20.1 Å². The second-order valence-corrected chi connectivity index (χ2v) is 6.41. The summed E-state index contributed by atoms with van der Waals surface area (Å²) in [6, 6.07) is 19.2. The van der Waals surface area contributed by atoms with E-state index in [1.54, 1.807) is 56.7 Å². The lowest BCUT2D eigenvalue weighted by atomic mass is 10.0. The van der Waals surface area contributed by atoms with Gasteiger partial charge in [0.15, 0.2) is 5.11 Å². The maximum absolute atomic E-state index is 11.2. The van der Waals surface area contributed by atoms with Crippen LogP contribution in [0.1, 0.15) is 0 Å². The van der Waals surface area contributed by atoms with Gasteiger partial charge in [0.2, 0.25) is 0 Å². The molecule has 0 saturated carbocycles. The summed E-state index contributed by atoms with van der Waals surface area (Å²) in [7, 11) is 3.15. The fourth-order valence-electron chi connectivity index (χ4n) is 2.80. The van der Waals surface area contributed by atoms with E-state index in [1.807, 2.05) is 18.2 Å². The molecule has 2 N–H and O–H groups in total. The summed E-state index contributed by atoms with van der Waals surface area (Å²) in [4.78, 5) is 10.8. The Balaban J connectivity index is 1.72. The number of nitro groups is 1. The molecule has 3 aromatic carbocycles. The summed E-state index contributed by atoms with van der Waals surface area (Å²) in [5.74, 6) is 1.28. The molecule has 0 heterocycles. The van der Waals surface area contributed by atoms with E-state index in [0.717, 1.165) is 11.3 Å². The highest BCUT2D eigenvalue weighted by Crippen LogP contribution is 2.31. The average Bonchev–Trinajstić information content (AvgIpc) is 2.74. The summed E-state index contributed by atoms with van der Waals surface area (Å²) < 4.78 is 10.5. The van der Waals surface area contributed by atoms with Crippen molar-refractivity contribution in [3.63, 3.8) is 0 Å². The van der Waals surface area contributed by atoms with E-state index < -0.39 is 0 Å². The minimum Gasteiger partial charge on any atom is -0.497 e. The maximum atomic E-state index is 11.2. The smallest absolute Gasteiger partial charge is 0.277 e. The summed E-state index contributed by atoms with van der Waals surface area (Å²) in [6.07, 6.45) is 0. The van der Waals surface area contributed by atoms with Gasteiger partial charge < -0.3 is 20.1 Å². The number of nitrogens with zero attached hydrogens (tertiary/aromatic N) is 1. The van der Waals surface area contributed by atoms with Gasteiger partial charge in [-0.25, -0.2) is 0 Å². The fraction of sp³-hybridized carbons (Fsp3) is 0.0952. The van der Waals surface area contributed by atoms with E-state index in [0.29, 0.717) is 27.9 Å². The van der Waals surface area contributed by atoms with Gasteiger partial charge in [-0.15, -0.1) is 0 Å². The molecule has 0 bridgehead atoms. The van der Waals surface area contributed by atoms with Crippen LogP contribution in [0.2, 0.25) is 0 Å². The van der Waals surface area contributed by atoms with Gasteiger partial charge in [-0.1, -0.05) is 24.3 Å². The summed E-state index contributed by atoms with van der Waals surface area (Å²) >= 11 is 5.37. The van der Waals surface area contributed by atoms with Crippen molar-refractivity contribution >= 4 is 34.4 Å².